The Morgan fingerprint density at radius 1 is 1.30 bits per heavy atom. The third kappa shape index (κ3) is 3.46. The molecule has 6 heteroatoms. The molecule has 1 atom stereocenters. The standard InChI is InChI=1S/C14H21N3O3/c1-2-12(18)11-15-7-9-16(10-8-15)13-5-3-4-6-14(13)17(19)20/h3-6,12,18H,2,7-11H2,1H3/t12-/m1/s1. The van der Waals surface area contributed by atoms with Crippen molar-refractivity contribution in [1.82, 2.24) is 4.90 Å². The van der Waals surface area contributed by atoms with E-state index in [9.17, 15) is 15.2 Å². The first kappa shape index (κ1) is 14.7. The van der Waals surface area contributed by atoms with Crippen LogP contribution in [0.25, 0.3) is 0 Å². The summed E-state index contributed by atoms with van der Waals surface area (Å²) in [5.74, 6) is 0. The number of aliphatic hydroxyl groups is 1. The summed E-state index contributed by atoms with van der Waals surface area (Å²) >= 11 is 0. The predicted octanol–water partition coefficient (Wildman–Crippen LogP) is 1.49. The number of piperazine rings is 1. The average Bonchev–Trinajstić information content (AvgIpc) is 2.48. The number of para-hydroxylation sites is 2. The van der Waals surface area contributed by atoms with Crippen LogP contribution in [0.5, 0.6) is 0 Å². The quantitative estimate of drug-likeness (QED) is 0.653. The number of nitro benzene ring substituents is 1. The lowest BCUT2D eigenvalue weighted by Gasteiger charge is -2.36. The number of rotatable bonds is 5. The molecule has 0 spiro atoms. The van der Waals surface area contributed by atoms with Gasteiger partial charge in [-0.2, -0.15) is 0 Å². The fourth-order valence-electron chi connectivity index (χ4n) is 2.48. The van der Waals surface area contributed by atoms with Crippen LogP contribution < -0.4 is 4.90 Å². The van der Waals surface area contributed by atoms with Crippen LogP contribution in [-0.4, -0.2) is 53.8 Å². The highest BCUT2D eigenvalue weighted by molar-refractivity contribution is 5.63. The molecule has 0 aliphatic carbocycles. The van der Waals surface area contributed by atoms with Gasteiger partial charge in [0.2, 0.25) is 0 Å². The van der Waals surface area contributed by atoms with Gasteiger partial charge < -0.3 is 10.0 Å². The van der Waals surface area contributed by atoms with Crippen molar-refractivity contribution < 1.29 is 10.0 Å². The first-order chi connectivity index (χ1) is 9.61. The van der Waals surface area contributed by atoms with Crippen molar-refractivity contribution >= 4 is 11.4 Å². The Labute approximate surface area is 118 Å². The van der Waals surface area contributed by atoms with Crippen LogP contribution in [0.15, 0.2) is 24.3 Å². The van der Waals surface area contributed by atoms with E-state index in [0.717, 1.165) is 32.6 Å². The predicted molar refractivity (Wildman–Crippen MR) is 78.0 cm³/mol. The Bertz CT molecular complexity index is 459. The molecule has 1 aromatic rings. The SMILES string of the molecule is CC[C@@H](O)CN1CCN(c2ccccc2[N+](=O)[O-])CC1. The second-order valence-electron chi connectivity index (χ2n) is 5.10. The minimum absolute atomic E-state index is 0.162. The normalized spacial score (nSPS) is 18.0. The summed E-state index contributed by atoms with van der Waals surface area (Å²) in [7, 11) is 0. The second-order valence-corrected chi connectivity index (χ2v) is 5.10. The molecule has 1 fully saturated rings. The number of benzene rings is 1. The first-order valence-electron chi connectivity index (χ1n) is 7.00. The minimum Gasteiger partial charge on any atom is -0.392 e. The van der Waals surface area contributed by atoms with Gasteiger partial charge in [0.05, 0.1) is 11.0 Å². The van der Waals surface area contributed by atoms with Crippen LogP contribution in [0, 0.1) is 10.1 Å². The molecule has 110 valence electrons. The molecular weight excluding hydrogens is 258 g/mol. The monoisotopic (exact) mass is 279 g/mol. The molecule has 1 N–H and O–H groups in total. The van der Waals surface area contributed by atoms with Gasteiger partial charge in [0, 0.05) is 38.8 Å². The van der Waals surface area contributed by atoms with Crippen molar-refractivity contribution in [2.24, 2.45) is 0 Å². The van der Waals surface area contributed by atoms with E-state index in [2.05, 4.69) is 4.90 Å². The Kier molecular flexibility index (Phi) is 4.92. The lowest BCUT2D eigenvalue weighted by molar-refractivity contribution is -0.384. The van der Waals surface area contributed by atoms with Crippen molar-refractivity contribution in [3.05, 3.63) is 34.4 Å². The number of nitro groups is 1. The van der Waals surface area contributed by atoms with E-state index < -0.39 is 0 Å². The van der Waals surface area contributed by atoms with E-state index in [1.165, 1.54) is 0 Å². The Morgan fingerprint density at radius 2 is 1.95 bits per heavy atom. The molecule has 0 bridgehead atoms. The molecular formula is C14H21N3O3. The molecule has 6 nitrogen and oxygen atoms in total. The van der Waals surface area contributed by atoms with E-state index in [-0.39, 0.29) is 16.7 Å². The molecule has 2 rings (SSSR count). The van der Waals surface area contributed by atoms with Gasteiger partial charge in [-0.05, 0) is 12.5 Å². The molecule has 1 aromatic carbocycles. The van der Waals surface area contributed by atoms with Gasteiger partial charge in [0.1, 0.15) is 5.69 Å². The van der Waals surface area contributed by atoms with Crippen molar-refractivity contribution in [1.29, 1.82) is 0 Å². The number of β-amino-alcohol motifs (C(OH)–C–C–N with tert-alkyl or cyclic N) is 1. The lowest BCUT2D eigenvalue weighted by atomic mass is 10.2. The average molecular weight is 279 g/mol. The largest absolute Gasteiger partial charge is 0.392 e. The summed E-state index contributed by atoms with van der Waals surface area (Å²) in [6, 6.07) is 6.86. The summed E-state index contributed by atoms with van der Waals surface area (Å²) in [4.78, 5) is 15.0. The van der Waals surface area contributed by atoms with Gasteiger partial charge >= 0.3 is 0 Å². The van der Waals surface area contributed by atoms with Crippen LogP contribution in [0.1, 0.15) is 13.3 Å². The van der Waals surface area contributed by atoms with Crippen molar-refractivity contribution in [3.8, 4) is 0 Å². The number of hydrogen-bond acceptors (Lipinski definition) is 5. The smallest absolute Gasteiger partial charge is 0.292 e. The van der Waals surface area contributed by atoms with Gasteiger partial charge in [0.25, 0.3) is 5.69 Å². The zero-order chi connectivity index (χ0) is 14.5. The van der Waals surface area contributed by atoms with Crippen LogP contribution >= 0.6 is 0 Å². The van der Waals surface area contributed by atoms with E-state index in [1.807, 2.05) is 17.9 Å². The van der Waals surface area contributed by atoms with Crippen molar-refractivity contribution in [2.75, 3.05) is 37.6 Å². The van der Waals surface area contributed by atoms with E-state index in [4.69, 9.17) is 0 Å². The van der Waals surface area contributed by atoms with Gasteiger partial charge in [-0.15, -0.1) is 0 Å². The second kappa shape index (κ2) is 6.67. The molecule has 1 saturated heterocycles. The summed E-state index contributed by atoms with van der Waals surface area (Å²) in [5.41, 5.74) is 0.850. The molecule has 0 unspecified atom stereocenters. The minimum atomic E-state index is -0.331. The van der Waals surface area contributed by atoms with E-state index >= 15 is 0 Å². The van der Waals surface area contributed by atoms with Gasteiger partial charge in [-0.1, -0.05) is 19.1 Å². The summed E-state index contributed by atoms with van der Waals surface area (Å²) < 4.78 is 0. The third-order valence-electron chi connectivity index (χ3n) is 3.73. The van der Waals surface area contributed by atoms with Gasteiger partial charge in [-0.25, -0.2) is 0 Å². The van der Waals surface area contributed by atoms with Crippen LogP contribution in [-0.2, 0) is 0 Å². The number of nitrogens with zero attached hydrogens (tertiary/aromatic N) is 3. The van der Waals surface area contributed by atoms with Crippen molar-refractivity contribution in [3.63, 3.8) is 0 Å². The van der Waals surface area contributed by atoms with E-state index in [0.29, 0.717) is 12.2 Å². The lowest BCUT2D eigenvalue weighted by Crippen LogP contribution is -2.48. The third-order valence-corrected chi connectivity index (χ3v) is 3.73. The molecule has 0 amide bonds. The highest BCUT2D eigenvalue weighted by atomic mass is 16.6. The maximum Gasteiger partial charge on any atom is 0.292 e. The summed E-state index contributed by atoms with van der Waals surface area (Å²) in [6.07, 6.45) is 0.470. The van der Waals surface area contributed by atoms with Gasteiger partial charge in [0.15, 0.2) is 0 Å². The fourth-order valence-corrected chi connectivity index (χ4v) is 2.48. The Balaban J connectivity index is 1.99. The topological polar surface area (TPSA) is 69.8 Å². The highest BCUT2D eigenvalue weighted by Crippen LogP contribution is 2.28. The molecule has 0 aromatic heterocycles. The molecule has 1 aliphatic rings. The number of aliphatic hydroxyl groups excluding tert-OH is 1. The maximum absolute atomic E-state index is 11.0. The van der Waals surface area contributed by atoms with Crippen LogP contribution in [0.4, 0.5) is 11.4 Å². The maximum atomic E-state index is 11.0. The highest BCUT2D eigenvalue weighted by Gasteiger charge is 2.23. The summed E-state index contributed by atoms with van der Waals surface area (Å²) in [6.45, 7) is 5.80. The van der Waals surface area contributed by atoms with Crippen molar-refractivity contribution in [2.45, 2.75) is 19.4 Å². The first-order valence-corrected chi connectivity index (χ1v) is 7.00. The van der Waals surface area contributed by atoms with Crippen LogP contribution in [0.2, 0.25) is 0 Å². The number of anilines is 1. The number of hydrogen-bond donors (Lipinski definition) is 1. The summed E-state index contributed by atoms with van der Waals surface area (Å²) in [5, 5.41) is 20.7. The zero-order valence-electron chi connectivity index (χ0n) is 11.7. The fraction of sp³-hybridized carbons (Fsp3) is 0.571. The van der Waals surface area contributed by atoms with Gasteiger partial charge in [-0.3, -0.25) is 15.0 Å². The molecule has 1 aliphatic heterocycles. The van der Waals surface area contributed by atoms with E-state index in [1.54, 1.807) is 18.2 Å². The zero-order valence-corrected chi connectivity index (χ0v) is 11.7. The molecule has 20 heavy (non-hydrogen) atoms. The molecule has 0 radical (unpaired) electrons. The molecule has 1 heterocycles. The Hall–Kier alpha value is -1.66. The van der Waals surface area contributed by atoms with Crippen LogP contribution in [0.3, 0.4) is 0 Å². The molecule has 0 saturated carbocycles. The Morgan fingerprint density at radius 3 is 2.55 bits per heavy atom.